The topological polar surface area (TPSA) is 64.8 Å². The molecule has 7 heteroatoms. The van der Waals surface area contributed by atoms with E-state index in [9.17, 15) is 13.6 Å². The molecule has 1 saturated heterocycles. The van der Waals surface area contributed by atoms with Crippen molar-refractivity contribution in [3.05, 3.63) is 29.8 Å². The van der Waals surface area contributed by atoms with Gasteiger partial charge in [0.2, 0.25) is 5.91 Å². The number of hydrogen-bond acceptors (Lipinski definition) is 4. The van der Waals surface area contributed by atoms with Crippen molar-refractivity contribution in [2.75, 3.05) is 20.3 Å². The Bertz CT molecular complexity index is 482. The van der Waals surface area contributed by atoms with Gasteiger partial charge in [0.05, 0.1) is 19.1 Å². The van der Waals surface area contributed by atoms with Crippen molar-refractivity contribution in [1.29, 1.82) is 0 Å². The molecule has 1 aromatic rings. The quantitative estimate of drug-likeness (QED) is 0.888. The summed E-state index contributed by atoms with van der Waals surface area (Å²) in [5.41, 5.74) is 6.64. The van der Waals surface area contributed by atoms with E-state index in [1.165, 1.54) is 12.1 Å². The molecule has 2 N–H and O–H groups in total. The van der Waals surface area contributed by atoms with E-state index >= 15 is 0 Å². The van der Waals surface area contributed by atoms with E-state index in [0.29, 0.717) is 19.8 Å². The molecule has 116 valence electrons. The third-order valence-electron chi connectivity index (χ3n) is 3.39. The Morgan fingerprint density at radius 3 is 2.62 bits per heavy atom. The lowest BCUT2D eigenvalue weighted by atomic mass is 10.0. The van der Waals surface area contributed by atoms with Gasteiger partial charge in [0.1, 0.15) is 5.75 Å². The Morgan fingerprint density at radius 2 is 2.10 bits per heavy atom. The van der Waals surface area contributed by atoms with Gasteiger partial charge >= 0.3 is 6.61 Å². The number of amides is 1. The lowest BCUT2D eigenvalue weighted by Gasteiger charge is -2.22. The summed E-state index contributed by atoms with van der Waals surface area (Å²) in [7, 11) is 1.68. The second-order valence-electron chi connectivity index (χ2n) is 5.02. The Balaban J connectivity index is 1.92. The Labute approximate surface area is 121 Å². The number of ether oxygens (including phenoxy) is 2. The first-order valence-electron chi connectivity index (χ1n) is 6.59. The molecular formula is C14H18F2N2O3. The maximum atomic E-state index is 12.2. The molecule has 0 bridgehead atoms. The number of nitrogens with zero attached hydrogens (tertiary/aromatic N) is 1. The van der Waals surface area contributed by atoms with Crippen LogP contribution in [0.2, 0.25) is 0 Å². The predicted molar refractivity (Wildman–Crippen MR) is 71.8 cm³/mol. The molecule has 1 fully saturated rings. The number of carbonyl (C=O) groups excluding carboxylic acids is 1. The molecule has 2 unspecified atom stereocenters. The first-order chi connectivity index (χ1) is 9.97. The SMILES string of the molecule is CN(Cc1ccc(OC(F)F)cc1)C(=O)C1COCC1N. The number of rotatable bonds is 5. The fraction of sp³-hybridized carbons (Fsp3) is 0.500. The molecule has 2 rings (SSSR count). The number of carbonyl (C=O) groups is 1. The average Bonchev–Trinajstić information content (AvgIpc) is 2.85. The molecule has 1 heterocycles. The standard InChI is InChI=1S/C14H18F2N2O3/c1-18(13(19)11-7-20-8-12(11)17)6-9-2-4-10(5-3-9)21-14(15)16/h2-5,11-12,14H,6-8,17H2,1H3. The lowest BCUT2D eigenvalue weighted by molar-refractivity contribution is -0.135. The van der Waals surface area contributed by atoms with Gasteiger partial charge in [-0.2, -0.15) is 8.78 Å². The van der Waals surface area contributed by atoms with Gasteiger partial charge in [0.25, 0.3) is 0 Å². The van der Waals surface area contributed by atoms with Crippen molar-refractivity contribution in [2.45, 2.75) is 19.2 Å². The molecule has 1 aliphatic rings. The molecule has 1 aliphatic heterocycles. The highest BCUT2D eigenvalue weighted by Gasteiger charge is 2.33. The smallest absolute Gasteiger partial charge is 0.387 e. The third kappa shape index (κ3) is 4.12. The molecular weight excluding hydrogens is 282 g/mol. The molecule has 0 aliphatic carbocycles. The number of hydrogen-bond donors (Lipinski definition) is 1. The van der Waals surface area contributed by atoms with E-state index in [-0.39, 0.29) is 23.6 Å². The zero-order valence-corrected chi connectivity index (χ0v) is 11.7. The highest BCUT2D eigenvalue weighted by atomic mass is 19.3. The van der Waals surface area contributed by atoms with Crippen LogP contribution in [0.4, 0.5) is 8.78 Å². The maximum absolute atomic E-state index is 12.2. The van der Waals surface area contributed by atoms with Gasteiger partial charge in [-0.05, 0) is 17.7 Å². The van der Waals surface area contributed by atoms with Crippen molar-refractivity contribution >= 4 is 5.91 Å². The van der Waals surface area contributed by atoms with Crippen molar-refractivity contribution in [3.63, 3.8) is 0 Å². The fourth-order valence-electron chi connectivity index (χ4n) is 2.24. The van der Waals surface area contributed by atoms with Crippen LogP contribution in [-0.2, 0) is 16.1 Å². The van der Waals surface area contributed by atoms with Crippen LogP contribution < -0.4 is 10.5 Å². The molecule has 0 spiro atoms. The van der Waals surface area contributed by atoms with E-state index in [1.807, 2.05) is 0 Å². The third-order valence-corrected chi connectivity index (χ3v) is 3.39. The van der Waals surface area contributed by atoms with Gasteiger partial charge in [-0.3, -0.25) is 4.79 Å². The van der Waals surface area contributed by atoms with Crippen molar-refractivity contribution in [1.82, 2.24) is 4.90 Å². The molecule has 0 radical (unpaired) electrons. The van der Waals surface area contributed by atoms with Crippen LogP contribution in [0.1, 0.15) is 5.56 Å². The molecule has 1 aromatic carbocycles. The van der Waals surface area contributed by atoms with Crippen LogP contribution in [0, 0.1) is 5.92 Å². The molecule has 1 amide bonds. The van der Waals surface area contributed by atoms with Gasteiger partial charge in [0, 0.05) is 19.6 Å². The van der Waals surface area contributed by atoms with Gasteiger partial charge in [0.15, 0.2) is 0 Å². The number of halogens is 2. The van der Waals surface area contributed by atoms with Crippen LogP contribution in [0.5, 0.6) is 5.75 Å². The molecule has 21 heavy (non-hydrogen) atoms. The first-order valence-corrected chi connectivity index (χ1v) is 6.59. The summed E-state index contributed by atoms with van der Waals surface area (Å²) >= 11 is 0. The van der Waals surface area contributed by atoms with Crippen LogP contribution in [0.3, 0.4) is 0 Å². The van der Waals surface area contributed by atoms with Gasteiger partial charge in [-0.15, -0.1) is 0 Å². The summed E-state index contributed by atoms with van der Waals surface area (Å²) < 4.78 is 33.5. The van der Waals surface area contributed by atoms with Crippen molar-refractivity contribution in [2.24, 2.45) is 11.7 Å². The molecule has 0 aromatic heterocycles. The summed E-state index contributed by atoms with van der Waals surface area (Å²) in [6.07, 6.45) is 0. The minimum atomic E-state index is -2.84. The second kappa shape index (κ2) is 6.82. The van der Waals surface area contributed by atoms with Crippen LogP contribution in [-0.4, -0.2) is 43.7 Å². The monoisotopic (exact) mass is 300 g/mol. The highest BCUT2D eigenvalue weighted by Crippen LogP contribution is 2.18. The molecule has 0 saturated carbocycles. The summed E-state index contributed by atoms with van der Waals surface area (Å²) in [5.74, 6) is -0.307. The molecule has 2 atom stereocenters. The van der Waals surface area contributed by atoms with Gasteiger partial charge in [-0.25, -0.2) is 0 Å². The number of benzene rings is 1. The van der Waals surface area contributed by atoms with Crippen LogP contribution >= 0.6 is 0 Å². The van der Waals surface area contributed by atoms with Crippen molar-refractivity contribution < 1.29 is 23.0 Å². The summed E-state index contributed by atoms with van der Waals surface area (Å²) in [6.45, 7) is -1.74. The van der Waals surface area contributed by atoms with E-state index in [1.54, 1.807) is 24.1 Å². The largest absolute Gasteiger partial charge is 0.435 e. The Kier molecular flexibility index (Phi) is 5.08. The van der Waals surface area contributed by atoms with E-state index < -0.39 is 6.61 Å². The van der Waals surface area contributed by atoms with Crippen LogP contribution in [0.15, 0.2) is 24.3 Å². The second-order valence-corrected chi connectivity index (χ2v) is 5.02. The Morgan fingerprint density at radius 1 is 1.43 bits per heavy atom. The summed E-state index contributed by atoms with van der Waals surface area (Å²) in [5, 5.41) is 0. The normalized spacial score (nSPS) is 21.6. The number of alkyl halides is 2. The highest BCUT2D eigenvalue weighted by molar-refractivity contribution is 5.79. The first kappa shape index (κ1) is 15.7. The lowest BCUT2D eigenvalue weighted by Crippen LogP contribution is -2.41. The number of nitrogens with two attached hydrogens (primary N) is 1. The zero-order chi connectivity index (χ0) is 15.4. The van der Waals surface area contributed by atoms with Crippen LogP contribution in [0.25, 0.3) is 0 Å². The Hall–Kier alpha value is -1.73. The van der Waals surface area contributed by atoms with Crippen molar-refractivity contribution in [3.8, 4) is 5.75 Å². The molecule has 5 nitrogen and oxygen atoms in total. The fourth-order valence-corrected chi connectivity index (χ4v) is 2.24. The van der Waals surface area contributed by atoms with Gasteiger partial charge in [-0.1, -0.05) is 12.1 Å². The van der Waals surface area contributed by atoms with E-state index in [4.69, 9.17) is 10.5 Å². The summed E-state index contributed by atoms with van der Waals surface area (Å²) in [6, 6.07) is 5.91. The predicted octanol–water partition coefficient (Wildman–Crippen LogP) is 1.22. The zero-order valence-electron chi connectivity index (χ0n) is 11.7. The van der Waals surface area contributed by atoms with Gasteiger partial charge < -0.3 is 20.1 Å². The van der Waals surface area contributed by atoms with E-state index in [0.717, 1.165) is 5.56 Å². The minimum Gasteiger partial charge on any atom is -0.435 e. The average molecular weight is 300 g/mol. The summed E-state index contributed by atoms with van der Waals surface area (Å²) in [4.78, 5) is 13.8. The maximum Gasteiger partial charge on any atom is 0.387 e. The van der Waals surface area contributed by atoms with E-state index in [2.05, 4.69) is 4.74 Å². The minimum absolute atomic E-state index is 0.0760.